The summed E-state index contributed by atoms with van der Waals surface area (Å²) in [4.78, 5) is 11.9. The van der Waals surface area contributed by atoms with E-state index in [-0.39, 0.29) is 11.4 Å². The van der Waals surface area contributed by atoms with E-state index >= 15 is 0 Å². The van der Waals surface area contributed by atoms with Crippen LogP contribution in [0.15, 0.2) is 0 Å². The second-order valence-electron chi connectivity index (χ2n) is 5.37. The van der Waals surface area contributed by atoms with Gasteiger partial charge in [-0.05, 0) is 37.9 Å². The number of carbonyl (C=O) groups is 1. The summed E-state index contributed by atoms with van der Waals surface area (Å²) in [5.74, 6) is 1.64. The van der Waals surface area contributed by atoms with Crippen LogP contribution in [-0.4, -0.2) is 24.1 Å². The molecule has 3 heteroatoms. The van der Waals surface area contributed by atoms with Crippen molar-refractivity contribution < 1.29 is 9.53 Å². The molecule has 3 atom stereocenters. The molecule has 0 rings (SSSR count). The number of hydrogen-bond donors (Lipinski definition) is 0. The van der Waals surface area contributed by atoms with Crippen LogP contribution in [0.25, 0.3) is 0 Å². The molecule has 0 spiro atoms. The van der Waals surface area contributed by atoms with E-state index in [1.54, 1.807) is 0 Å². The summed E-state index contributed by atoms with van der Waals surface area (Å²) in [7, 11) is 1.49. The molecular formula is C15H30O2S. The van der Waals surface area contributed by atoms with Gasteiger partial charge in [0.1, 0.15) is 0 Å². The topological polar surface area (TPSA) is 26.3 Å². The van der Waals surface area contributed by atoms with Gasteiger partial charge in [0.15, 0.2) is 0 Å². The van der Waals surface area contributed by atoms with Crippen LogP contribution in [0.4, 0.5) is 0 Å². The molecule has 0 aliphatic carbocycles. The van der Waals surface area contributed by atoms with Crippen molar-refractivity contribution >= 4 is 17.7 Å². The number of hydrogen-bond acceptors (Lipinski definition) is 3. The molecule has 0 aromatic heterocycles. The molecule has 0 heterocycles. The Kier molecular flexibility index (Phi) is 8.75. The Balaban J connectivity index is 4.65. The van der Waals surface area contributed by atoms with Crippen LogP contribution in [0.2, 0.25) is 0 Å². The van der Waals surface area contributed by atoms with E-state index in [0.29, 0.717) is 11.2 Å². The zero-order valence-corrected chi connectivity index (χ0v) is 13.7. The summed E-state index contributed by atoms with van der Waals surface area (Å²) in [6.07, 6.45) is 4.22. The summed E-state index contributed by atoms with van der Waals surface area (Å²) in [6.45, 7) is 10.8. The van der Waals surface area contributed by atoms with E-state index in [0.717, 1.165) is 18.6 Å². The second-order valence-corrected chi connectivity index (χ2v) is 6.89. The van der Waals surface area contributed by atoms with Crippen LogP contribution in [-0.2, 0) is 9.53 Å². The first-order valence-electron chi connectivity index (χ1n) is 7.15. The Morgan fingerprint density at radius 3 is 2.33 bits per heavy atom. The maximum absolute atomic E-state index is 11.9. The molecule has 0 amide bonds. The third-order valence-corrected chi connectivity index (χ3v) is 5.28. The van der Waals surface area contributed by atoms with Crippen molar-refractivity contribution in [2.75, 3.05) is 12.9 Å². The van der Waals surface area contributed by atoms with E-state index in [4.69, 9.17) is 4.74 Å². The molecule has 3 unspecified atom stereocenters. The molecule has 18 heavy (non-hydrogen) atoms. The first-order valence-corrected chi connectivity index (χ1v) is 8.20. The van der Waals surface area contributed by atoms with Crippen LogP contribution < -0.4 is 0 Å². The lowest BCUT2D eigenvalue weighted by Gasteiger charge is -2.32. The number of carbonyl (C=O) groups excluding carboxylic acids is 1. The van der Waals surface area contributed by atoms with E-state index in [9.17, 15) is 4.79 Å². The van der Waals surface area contributed by atoms with E-state index in [1.807, 2.05) is 18.7 Å². The van der Waals surface area contributed by atoms with Gasteiger partial charge in [-0.2, -0.15) is 11.8 Å². The Morgan fingerprint density at radius 2 is 1.94 bits per heavy atom. The van der Waals surface area contributed by atoms with Gasteiger partial charge in [-0.3, -0.25) is 4.79 Å². The zero-order valence-electron chi connectivity index (χ0n) is 12.9. The van der Waals surface area contributed by atoms with Gasteiger partial charge in [-0.15, -0.1) is 0 Å². The van der Waals surface area contributed by atoms with Crippen molar-refractivity contribution in [2.24, 2.45) is 11.3 Å². The number of ether oxygens (including phenoxy) is 1. The molecule has 0 saturated heterocycles. The fraction of sp³-hybridized carbons (Fsp3) is 0.933. The number of thioether (sulfide) groups is 1. The van der Waals surface area contributed by atoms with Crippen molar-refractivity contribution in [1.82, 2.24) is 0 Å². The fourth-order valence-electron chi connectivity index (χ4n) is 2.49. The van der Waals surface area contributed by atoms with Gasteiger partial charge in [0.05, 0.1) is 12.5 Å². The Labute approximate surface area is 117 Å². The molecule has 0 aliphatic heterocycles. The van der Waals surface area contributed by atoms with Crippen LogP contribution in [0.1, 0.15) is 60.3 Å². The minimum atomic E-state index is -0.325. The third kappa shape index (κ3) is 5.21. The van der Waals surface area contributed by atoms with E-state index in [2.05, 4.69) is 27.7 Å². The maximum Gasteiger partial charge on any atom is 0.311 e. The van der Waals surface area contributed by atoms with Crippen LogP contribution >= 0.6 is 11.8 Å². The largest absolute Gasteiger partial charge is 0.469 e. The van der Waals surface area contributed by atoms with Crippen LogP contribution in [0.5, 0.6) is 0 Å². The highest BCUT2D eigenvalue weighted by Gasteiger charge is 2.35. The molecule has 0 fully saturated rings. The Morgan fingerprint density at radius 1 is 1.33 bits per heavy atom. The summed E-state index contributed by atoms with van der Waals surface area (Å²) < 4.78 is 4.96. The zero-order chi connectivity index (χ0) is 14.2. The molecule has 2 nitrogen and oxygen atoms in total. The van der Waals surface area contributed by atoms with Gasteiger partial charge >= 0.3 is 5.97 Å². The average molecular weight is 274 g/mol. The monoisotopic (exact) mass is 274 g/mol. The van der Waals surface area contributed by atoms with Crippen molar-refractivity contribution in [3.63, 3.8) is 0 Å². The number of methoxy groups -OCH3 is 1. The highest BCUT2D eigenvalue weighted by molar-refractivity contribution is 7.99. The lowest BCUT2D eigenvalue weighted by atomic mass is 9.78. The molecule has 0 aliphatic rings. The Bertz CT molecular complexity index is 237. The molecule has 0 radical (unpaired) electrons. The quantitative estimate of drug-likeness (QED) is 0.578. The predicted octanol–water partition coefficient (Wildman–Crippen LogP) is 4.52. The predicted molar refractivity (Wildman–Crippen MR) is 81.0 cm³/mol. The molecule has 0 aromatic carbocycles. The van der Waals surface area contributed by atoms with Crippen molar-refractivity contribution in [3.8, 4) is 0 Å². The van der Waals surface area contributed by atoms with E-state index < -0.39 is 0 Å². The molecule has 0 bridgehead atoms. The van der Waals surface area contributed by atoms with E-state index in [1.165, 1.54) is 20.0 Å². The average Bonchev–Trinajstić information content (AvgIpc) is 2.37. The van der Waals surface area contributed by atoms with Gasteiger partial charge in [0.25, 0.3) is 0 Å². The fourth-order valence-corrected chi connectivity index (χ4v) is 3.75. The van der Waals surface area contributed by atoms with Gasteiger partial charge in [0.2, 0.25) is 0 Å². The second kappa shape index (κ2) is 8.84. The molecule has 108 valence electrons. The first kappa shape index (κ1) is 17.8. The molecule has 0 saturated carbocycles. The van der Waals surface area contributed by atoms with Crippen LogP contribution in [0, 0.1) is 11.3 Å². The normalized spacial score (nSPS) is 17.9. The van der Waals surface area contributed by atoms with Crippen molar-refractivity contribution in [2.45, 2.75) is 65.6 Å². The minimum absolute atomic E-state index is 0.0615. The highest BCUT2D eigenvalue weighted by atomic mass is 32.2. The van der Waals surface area contributed by atoms with Crippen LogP contribution in [0.3, 0.4) is 0 Å². The van der Waals surface area contributed by atoms with Gasteiger partial charge < -0.3 is 4.74 Å². The first-order chi connectivity index (χ1) is 8.45. The highest BCUT2D eigenvalue weighted by Crippen LogP contribution is 2.36. The maximum atomic E-state index is 11.9. The van der Waals surface area contributed by atoms with Gasteiger partial charge in [0, 0.05) is 5.25 Å². The standard InChI is InChI=1S/C15H30O2S/c1-7-10-13(18-9-3)12(4)11-15(5,8-2)14(16)17-6/h12-13H,7-11H2,1-6H3. The summed E-state index contributed by atoms with van der Waals surface area (Å²) in [5.41, 5.74) is -0.325. The third-order valence-electron chi connectivity index (χ3n) is 3.82. The number of rotatable bonds is 9. The van der Waals surface area contributed by atoms with Gasteiger partial charge in [-0.1, -0.05) is 34.1 Å². The molecule has 0 aromatic rings. The van der Waals surface area contributed by atoms with Crippen molar-refractivity contribution in [3.05, 3.63) is 0 Å². The Hall–Kier alpha value is -0.180. The lowest BCUT2D eigenvalue weighted by Crippen LogP contribution is -2.33. The SMILES string of the molecule is CCCC(SCC)C(C)CC(C)(CC)C(=O)OC. The lowest BCUT2D eigenvalue weighted by molar-refractivity contribution is -0.153. The minimum Gasteiger partial charge on any atom is -0.469 e. The smallest absolute Gasteiger partial charge is 0.311 e. The van der Waals surface area contributed by atoms with Crippen molar-refractivity contribution in [1.29, 1.82) is 0 Å². The summed E-state index contributed by atoms with van der Waals surface area (Å²) >= 11 is 2.03. The summed E-state index contributed by atoms with van der Waals surface area (Å²) in [5, 5.41) is 0.663. The van der Waals surface area contributed by atoms with Gasteiger partial charge in [-0.25, -0.2) is 0 Å². The number of esters is 1. The molecule has 0 N–H and O–H groups in total. The summed E-state index contributed by atoms with van der Waals surface area (Å²) in [6, 6.07) is 0. The molecular weight excluding hydrogens is 244 g/mol.